The molecule has 12 heteroatoms. The van der Waals surface area contributed by atoms with Crippen LogP contribution in [0.1, 0.15) is 22.6 Å². The van der Waals surface area contributed by atoms with Gasteiger partial charge in [0.2, 0.25) is 5.82 Å². The minimum absolute atomic E-state index is 0.0456. The predicted molar refractivity (Wildman–Crippen MR) is 140 cm³/mol. The van der Waals surface area contributed by atoms with E-state index in [9.17, 15) is 9.59 Å². The number of halogens is 1. The number of rotatable bonds is 10. The number of aromatic nitrogens is 5. The molecule has 5 rings (SSSR count). The SMILES string of the molecule is O=C(NCc1cccc(OCCCOc2nc[nH]n2)c1)c1nc2scc(-c3cccc(Cl)c3)c2c(=O)[nH]1. The minimum Gasteiger partial charge on any atom is -0.493 e. The van der Waals surface area contributed by atoms with E-state index in [1.807, 2.05) is 41.8 Å². The summed E-state index contributed by atoms with van der Waals surface area (Å²) >= 11 is 7.40. The first-order valence-electron chi connectivity index (χ1n) is 11.3. The third-order valence-corrected chi connectivity index (χ3v) is 6.43. The lowest BCUT2D eigenvalue weighted by atomic mass is 10.1. The number of thiophene rings is 1. The maximum Gasteiger partial charge on any atom is 0.335 e. The van der Waals surface area contributed by atoms with Crippen molar-refractivity contribution in [2.75, 3.05) is 13.2 Å². The van der Waals surface area contributed by atoms with Crippen molar-refractivity contribution in [3.05, 3.63) is 87.0 Å². The Morgan fingerprint density at radius 3 is 2.81 bits per heavy atom. The summed E-state index contributed by atoms with van der Waals surface area (Å²) in [5.74, 6) is 0.146. The molecule has 1 amide bonds. The van der Waals surface area contributed by atoms with Crippen LogP contribution < -0.4 is 20.3 Å². The van der Waals surface area contributed by atoms with Gasteiger partial charge in [-0.15, -0.1) is 16.4 Å². The van der Waals surface area contributed by atoms with Crippen molar-refractivity contribution < 1.29 is 14.3 Å². The molecule has 0 spiro atoms. The number of carbonyl (C=O) groups is 1. The maximum absolute atomic E-state index is 12.8. The number of nitrogens with one attached hydrogen (secondary N) is 3. The van der Waals surface area contributed by atoms with E-state index in [1.54, 1.807) is 12.1 Å². The highest BCUT2D eigenvalue weighted by molar-refractivity contribution is 7.17. The molecule has 3 aromatic heterocycles. The number of hydrogen-bond donors (Lipinski definition) is 3. The Morgan fingerprint density at radius 2 is 1.97 bits per heavy atom. The van der Waals surface area contributed by atoms with Crippen molar-refractivity contribution in [2.45, 2.75) is 13.0 Å². The van der Waals surface area contributed by atoms with Gasteiger partial charge in [0, 0.05) is 28.9 Å². The molecule has 0 bridgehead atoms. The predicted octanol–water partition coefficient (Wildman–Crippen LogP) is 4.20. The first-order chi connectivity index (χ1) is 18.1. The number of amides is 1. The topological polar surface area (TPSA) is 135 Å². The summed E-state index contributed by atoms with van der Waals surface area (Å²) in [6.07, 6.45) is 2.10. The van der Waals surface area contributed by atoms with Crippen molar-refractivity contribution in [3.8, 4) is 22.9 Å². The van der Waals surface area contributed by atoms with Crippen LogP contribution in [0.4, 0.5) is 0 Å². The lowest BCUT2D eigenvalue weighted by Gasteiger charge is -2.09. The van der Waals surface area contributed by atoms with Crippen LogP contribution >= 0.6 is 22.9 Å². The van der Waals surface area contributed by atoms with Crippen LogP contribution in [-0.2, 0) is 6.54 Å². The summed E-state index contributed by atoms with van der Waals surface area (Å²) in [6, 6.07) is 14.9. The molecule has 0 aliphatic heterocycles. The second-order valence-electron chi connectivity index (χ2n) is 7.92. The standard InChI is InChI=1S/C25H21ClN6O4S/c26-17-6-2-5-16(11-17)19-13-37-24-20(19)22(33)30-21(31-24)23(34)27-12-15-4-1-7-18(10-15)35-8-3-9-36-25-28-14-29-32-25/h1-2,4-7,10-11,13-14H,3,8-9,12H2,(H,27,34)(H,28,29,32)(H,30,31,33). The third kappa shape index (κ3) is 5.96. The Hall–Kier alpha value is -4.22. The Morgan fingerprint density at radius 1 is 1.11 bits per heavy atom. The number of H-pyrrole nitrogens is 2. The van der Waals surface area contributed by atoms with Gasteiger partial charge in [0.1, 0.15) is 16.9 Å². The number of benzene rings is 2. The van der Waals surface area contributed by atoms with Gasteiger partial charge < -0.3 is 19.8 Å². The Labute approximate surface area is 219 Å². The molecule has 37 heavy (non-hydrogen) atoms. The van der Waals surface area contributed by atoms with Crippen LogP contribution in [0.2, 0.25) is 5.02 Å². The van der Waals surface area contributed by atoms with Crippen LogP contribution in [0, 0.1) is 0 Å². The van der Waals surface area contributed by atoms with E-state index in [0.717, 1.165) is 16.7 Å². The van der Waals surface area contributed by atoms with Crippen molar-refractivity contribution in [2.24, 2.45) is 0 Å². The highest BCUT2D eigenvalue weighted by Crippen LogP contribution is 2.31. The van der Waals surface area contributed by atoms with Crippen LogP contribution in [-0.4, -0.2) is 44.3 Å². The number of ether oxygens (including phenoxy) is 2. The largest absolute Gasteiger partial charge is 0.493 e. The molecule has 0 radical (unpaired) electrons. The van der Waals surface area contributed by atoms with Gasteiger partial charge in [-0.25, -0.2) is 4.98 Å². The second-order valence-corrected chi connectivity index (χ2v) is 9.21. The Kier molecular flexibility index (Phi) is 7.43. The highest BCUT2D eigenvalue weighted by atomic mass is 35.5. The second kappa shape index (κ2) is 11.2. The molecule has 2 aromatic carbocycles. The quantitative estimate of drug-likeness (QED) is 0.228. The van der Waals surface area contributed by atoms with E-state index in [1.165, 1.54) is 17.7 Å². The molecule has 0 saturated carbocycles. The molecule has 0 fully saturated rings. The lowest BCUT2D eigenvalue weighted by molar-refractivity contribution is 0.0940. The molecule has 0 atom stereocenters. The molecule has 0 unspecified atom stereocenters. The number of fused-ring (bicyclic) bond motifs is 1. The van der Waals surface area contributed by atoms with Crippen LogP contribution in [0.3, 0.4) is 0 Å². The first kappa shape index (κ1) is 24.5. The molecular formula is C25H21ClN6O4S. The molecule has 0 saturated heterocycles. The maximum atomic E-state index is 12.8. The number of carbonyl (C=O) groups excluding carboxylic acids is 1. The van der Waals surface area contributed by atoms with Gasteiger partial charge in [-0.05, 0) is 35.4 Å². The number of nitrogens with zero attached hydrogens (tertiary/aromatic N) is 3. The van der Waals surface area contributed by atoms with Gasteiger partial charge in [-0.3, -0.25) is 14.7 Å². The van der Waals surface area contributed by atoms with E-state index >= 15 is 0 Å². The fourth-order valence-electron chi connectivity index (χ4n) is 3.62. The van der Waals surface area contributed by atoms with Gasteiger partial charge in [0.15, 0.2) is 0 Å². The monoisotopic (exact) mass is 536 g/mol. The zero-order valence-corrected chi connectivity index (χ0v) is 20.9. The summed E-state index contributed by atoms with van der Waals surface area (Å²) < 4.78 is 11.1. The third-order valence-electron chi connectivity index (χ3n) is 5.33. The summed E-state index contributed by atoms with van der Waals surface area (Å²) in [6.45, 7) is 1.11. The molecule has 10 nitrogen and oxygen atoms in total. The summed E-state index contributed by atoms with van der Waals surface area (Å²) in [5.41, 5.74) is 2.00. The van der Waals surface area contributed by atoms with E-state index in [-0.39, 0.29) is 17.9 Å². The van der Waals surface area contributed by atoms with Gasteiger partial charge in [0.25, 0.3) is 11.5 Å². The summed E-state index contributed by atoms with van der Waals surface area (Å²) in [7, 11) is 0. The Bertz CT molecular complexity index is 1580. The average molecular weight is 537 g/mol. The molecular weight excluding hydrogens is 516 g/mol. The summed E-state index contributed by atoms with van der Waals surface area (Å²) in [4.78, 5) is 36.9. The fraction of sp³-hybridized carbons (Fsp3) is 0.160. The van der Waals surface area contributed by atoms with E-state index in [0.29, 0.717) is 46.6 Å². The van der Waals surface area contributed by atoms with Crippen LogP contribution in [0.25, 0.3) is 21.3 Å². The number of aromatic amines is 2. The van der Waals surface area contributed by atoms with Crippen molar-refractivity contribution in [1.29, 1.82) is 0 Å². The van der Waals surface area contributed by atoms with Gasteiger partial charge in [-0.1, -0.05) is 35.9 Å². The lowest BCUT2D eigenvalue weighted by Crippen LogP contribution is -2.27. The normalized spacial score (nSPS) is 10.9. The zero-order chi connectivity index (χ0) is 25.6. The average Bonchev–Trinajstić information content (AvgIpc) is 3.58. The molecule has 3 heterocycles. The molecule has 188 valence electrons. The van der Waals surface area contributed by atoms with E-state index in [4.69, 9.17) is 21.1 Å². The number of hydrogen-bond acceptors (Lipinski definition) is 8. The Balaban J connectivity index is 1.19. The smallest absolute Gasteiger partial charge is 0.335 e. The minimum atomic E-state index is -0.479. The van der Waals surface area contributed by atoms with Gasteiger partial charge in [0.05, 0.1) is 18.6 Å². The van der Waals surface area contributed by atoms with E-state index in [2.05, 4.69) is 30.5 Å². The molecule has 3 N–H and O–H groups in total. The van der Waals surface area contributed by atoms with E-state index < -0.39 is 5.91 Å². The van der Waals surface area contributed by atoms with Crippen LogP contribution in [0.5, 0.6) is 11.8 Å². The first-order valence-corrected chi connectivity index (χ1v) is 12.6. The molecule has 0 aliphatic carbocycles. The van der Waals surface area contributed by atoms with Crippen molar-refractivity contribution >= 4 is 39.1 Å². The van der Waals surface area contributed by atoms with Gasteiger partial charge >= 0.3 is 6.01 Å². The summed E-state index contributed by atoms with van der Waals surface area (Å²) in [5, 5.41) is 12.0. The van der Waals surface area contributed by atoms with Crippen LogP contribution in [0.15, 0.2) is 65.0 Å². The zero-order valence-electron chi connectivity index (χ0n) is 19.4. The van der Waals surface area contributed by atoms with Crippen molar-refractivity contribution in [3.63, 3.8) is 0 Å². The highest BCUT2D eigenvalue weighted by Gasteiger charge is 2.16. The fourth-order valence-corrected chi connectivity index (χ4v) is 4.75. The van der Waals surface area contributed by atoms with Crippen molar-refractivity contribution in [1.82, 2.24) is 30.5 Å². The molecule has 5 aromatic rings. The van der Waals surface area contributed by atoms with Gasteiger partial charge in [-0.2, -0.15) is 4.98 Å². The molecule has 0 aliphatic rings.